The summed E-state index contributed by atoms with van der Waals surface area (Å²) in [7, 11) is -2.39. The van der Waals surface area contributed by atoms with Crippen molar-refractivity contribution < 1.29 is 32.5 Å². The number of carbonyl (C=O) groups is 1. The topological polar surface area (TPSA) is 114 Å². The van der Waals surface area contributed by atoms with Crippen LogP contribution in [0.4, 0.5) is 0 Å². The van der Waals surface area contributed by atoms with Crippen LogP contribution in [0.1, 0.15) is 23.5 Å². The minimum atomic E-state index is -3.89. The van der Waals surface area contributed by atoms with Crippen LogP contribution in [0, 0.1) is 0 Å². The summed E-state index contributed by atoms with van der Waals surface area (Å²) < 4.78 is 45.6. The quantitative estimate of drug-likeness (QED) is 0.287. The van der Waals surface area contributed by atoms with E-state index in [0.717, 1.165) is 19.9 Å². The minimum Gasteiger partial charge on any atom is -0.497 e. The fourth-order valence-corrected chi connectivity index (χ4v) is 6.05. The predicted octanol–water partition coefficient (Wildman–Crippen LogP) is 4.19. The third-order valence-electron chi connectivity index (χ3n) is 6.57. The molecule has 2 atom stereocenters. The Hall–Kier alpha value is -3.22. The Labute approximate surface area is 248 Å². The molecular weight excluding hydrogens is 612 g/mol. The number of ether oxygens (including phenoxy) is 3. The highest BCUT2D eigenvalue weighted by Gasteiger charge is 2.30. The smallest absolute Gasteiger partial charge is 0.286 e. The van der Waals surface area contributed by atoms with Crippen LogP contribution in [0.3, 0.4) is 0 Å². The van der Waals surface area contributed by atoms with Gasteiger partial charge in [0.05, 0.1) is 25.2 Å². The highest BCUT2D eigenvalue weighted by atomic mass is 79.9. The van der Waals surface area contributed by atoms with E-state index in [1.807, 2.05) is 54.6 Å². The minimum absolute atomic E-state index is 0.00791. The van der Waals surface area contributed by atoms with Gasteiger partial charge in [0, 0.05) is 36.4 Å². The van der Waals surface area contributed by atoms with Crippen LogP contribution >= 0.6 is 15.9 Å². The summed E-state index contributed by atoms with van der Waals surface area (Å²) in [6, 6.07) is 23.4. The lowest BCUT2D eigenvalue weighted by Crippen LogP contribution is -2.38. The molecule has 0 fully saturated rings. The zero-order chi connectivity index (χ0) is 29.2. The van der Waals surface area contributed by atoms with Crippen LogP contribution in [-0.2, 0) is 30.8 Å². The Balaban J connectivity index is 1.44. The summed E-state index contributed by atoms with van der Waals surface area (Å²) in [5, 5.41) is 12.4. The molecule has 0 saturated carbocycles. The maximum atomic E-state index is 13.2. The molecule has 1 aliphatic heterocycles. The van der Waals surface area contributed by atoms with Gasteiger partial charge in [-0.2, -0.15) is 4.31 Å². The highest BCUT2D eigenvalue weighted by molar-refractivity contribution is 9.10. The van der Waals surface area contributed by atoms with Gasteiger partial charge in [0.1, 0.15) is 5.75 Å². The van der Waals surface area contributed by atoms with E-state index in [1.165, 1.54) is 19.2 Å². The predicted molar refractivity (Wildman–Crippen MR) is 158 cm³/mol. The van der Waals surface area contributed by atoms with Gasteiger partial charge in [0.25, 0.3) is 5.91 Å². The number of benzene rings is 3. The molecule has 1 amide bonds. The zero-order valence-corrected chi connectivity index (χ0v) is 25.0. The normalized spacial score (nSPS) is 17.0. The van der Waals surface area contributed by atoms with Gasteiger partial charge in [-0.15, -0.1) is 0 Å². The van der Waals surface area contributed by atoms with Crippen LogP contribution in [0.2, 0.25) is 0 Å². The van der Waals surface area contributed by atoms with Gasteiger partial charge >= 0.3 is 0 Å². The summed E-state index contributed by atoms with van der Waals surface area (Å²) in [6.07, 6.45) is 1.43. The van der Waals surface area contributed by atoms with Gasteiger partial charge in [-0.25, -0.2) is 8.42 Å². The van der Waals surface area contributed by atoms with Crippen LogP contribution < -0.4 is 10.1 Å². The third-order valence-corrected chi connectivity index (χ3v) is 9.01. The first-order valence-corrected chi connectivity index (χ1v) is 15.4. The number of rotatable bonds is 13. The Morgan fingerprint density at radius 3 is 2.41 bits per heavy atom. The molecule has 0 saturated heterocycles. The number of aliphatic hydroxyl groups is 1. The zero-order valence-electron chi connectivity index (χ0n) is 22.6. The van der Waals surface area contributed by atoms with E-state index in [1.54, 1.807) is 18.2 Å². The highest BCUT2D eigenvalue weighted by Crippen LogP contribution is 2.32. The van der Waals surface area contributed by atoms with E-state index in [9.17, 15) is 18.3 Å². The molecule has 0 radical (unpaired) electrons. The van der Waals surface area contributed by atoms with Crippen LogP contribution in [0.25, 0.3) is 0 Å². The van der Waals surface area contributed by atoms with Crippen molar-refractivity contribution in [2.75, 3.05) is 33.4 Å². The average molecular weight is 646 g/mol. The van der Waals surface area contributed by atoms with Crippen molar-refractivity contribution in [2.45, 2.75) is 30.1 Å². The number of sulfonamides is 1. The number of carbonyl (C=O) groups excluding carboxylic acids is 1. The molecule has 0 aliphatic carbocycles. The van der Waals surface area contributed by atoms with Crippen molar-refractivity contribution in [2.24, 2.45) is 0 Å². The molecule has 1 aliphatic rings. The average Bonchev–Trinajstić information content (AvgIpc) is 3.00. The van der Waals surface area contributed by atoms with E-state index >= 15 is 0 Å². The molecule has 3 aromatic rings. The van der Waals surface area contributed by atoms with E-state index in [-0.39, 0.29) is 48.8 Å². The van der Waals surface area contributed by atoms with Crippen molar-refractivity contribution in [3.8, 4) is 5.75 Å². The summed E-state index contributed by atoms with van der Waals surface area (Å²) >= 11 is 3.45. The van der Waals surface area contributed by atoms with Gasteiger partial charge in [0.2, 0.25) is 16.3 Å². The van der Waals surface area contributed by atoms with Gasteiger partial charge in [-0.3, -0.25) is 4.79 Å². The molecule has 41 heavy (non-hydrogen) atoms. The summed E-state index contributed by atoms with van der Waals surface area (Å²) in [6.45, 7) is -0.134. The Morgan fingerprint density at radius 1 is 1.05 bits per heavy atom. The molecular formula is C30H33BrN2O7S. The maximum absolute atomic E-state index is 13.2. The van der Waals surface area contributed by atoms with E-state index in [4.69, 9.17) is 14.2 Å². The van der Waals surface area contributed by atoms with Crippen molar-refractivity contribution >= 4 is 31.9 Å². The van der Waals surface area contributed by atoms with E-state index in [0.29, 0.717) is 18.7 Å². The maximum Gasteiger partial charge on any atom is 0.286 e. The number of nitrogens with zero attached hydrogens (tertiary/aromatic N) is 1. The van der Waals surface area contributed by atoms with E-state index in [2.05, 4.69) is 21.2 Å². The number of hydrogen-bond donors (Lipinski definition) is 2. The second-order valence-electron chi connectivity index (χ2n) is 9.31. The van der Waals surface area contributed by atoms with Crippen LogP contribution in [0.15, 0.2) is 100 Å². The molecule has 11 heteroatoms. The second-order valence-corrected chi connectivity index (χ2v) is 12.2. The molecule has 1 heterocycles. The number of aliphatic hydroxyl groups excluding tert-OH is 1. The van der Waals surface area contributed by atoms with Crippen LogP contribution in [0.5, 0.6) is 5.75 Å². The summed E-state index contributed by atoms with van der Waals surface area (Å²) in [5.41, 5.74) is 1.94. The Kier molecular flexibility index (Phi) is 10.9. The Bertz CT molecular complexity index is 1420. The number of halogens is 1. The van der Waals surface area contributed by atoms with Crippen molar-refractivity contribution in [1.29, 1.82) is 0 Å². The Morgan fingerprint density at radius 2 is 1.76 bits per heavy atom. The van der Waals surface area contributed by atoms with Crippen LogP contribution in [-0.4, -0.2) is 63.4 Å². The summed E-state index contributed by atoms with van der Waals surface area (Å²) in [4.78, 5) is 13.1. The molecule has 218 valence electrons. The standard InChI is InChI=1S/C30H33BrN2O7S/c1-38-26-11-13-27(14-12-26)41(36,37)33(15-17-34)16-18-39-29-20-24(23-7-9-25(31)10-8-23)19-28(40-29)30(35)32-21-22-5-3-2-4-6-22/h2-14,19,24,29,34H,15-18,20-21H2,1H3,(H,32,35)/t24-,29+/m0/s1. The molecule has 0 spiro atoms. The largest absolute Gasteiger partial charge is 0.497 e. The third kappa shape index (κ3) is 8.40. The number of allylic oxidation sites excluding steroid dienone is 1. The fourth-order valence-electron chi connectivity index (χ4n) is 4.37. The lowest BCUT2D eigenvalue weighted by atomic mass is 9.93. The number of hydrogen-bond acceptors (Lipinski definition) is 7. The molecule has 0 aromatic heterocycles. The van der Waals surface area contributed by atoms with Gasteiger partial charge < -0.3 is 24.6 Å². The van der Waals surface area contributed by atoms with Gasteiger partial charge in [0.15, 0.2) is 5.76 Å². The van der Waals surface area contributed by atoms with Gasteiger partial charge in [-0.1, -0.05) is 58.4 Å². The number of nitrogens with one attached hydrogen (secondary N) is 1. The van der Waals surface area contributed by atoms with Crippen molar-refractivity contribution in [1.82, 2.24) is 9.62 Å². The van der Waals surface area contributed by atoms with E-state index < -0.39 is 16.3 Å². The first kappa shape index (κ1) is 30.7. The van der Waals surface area contributed by atoms with Crippen molar-refractivity contribution in [3.63, 3.8) is 0 Å². The van der Waals surface area contributed by atoms with Crippen molar-refractivity contribution in [3.05, 3.63) is 106 Å². The molecule has 3 aromatic carbocycles. The lowest BCUT2D eigenvalue weighted by molar-refractivity contribution is -0.146. The fraction of sp³-hybridized carbons (Fsp3) is 0.300. The first-order chi connectivity index (χ1) is 19.8. The van der Waals surface area contributed by atoms with Gasteiger partial charge in [-0.05, 0) is 53.6 Å². The number of methoxy groups -OCH3 is 1. The molecule has 0 unspecified atom stereocenters. The molecule has 4 rings (SSSR count). The molecule has 9 nitrogen and oxygen atoms in total. The second kappa shape index (κ2) is 14.6. The monoisotopic (exact) mass is 644 g/mol. The molecule has 0 bridgehead atoms. The SMILES string of the molecule is COc1ccc(S(=O)(=O)N(CCO)CCO[C@H]2C[C@@H](c3ccc(Br)cc3)C=C(C(=O)NCc3ccccc3)O2)cc1. The molecule has 2 N–H and O–H groups in total. The first-order valence-electron chi connectivity index (χ1n) is 13.1. The number of amides is 1. The summed E-state index contributed by atoms with van der Waals surface area (Å²) in [5.74, 6) is 0.153. The lowest BCUT2D eigenvalue weighted by Gasteiger charge is -2.30.